The molecule has 3 N–H and O–H groups in total. The van der Waals surface area contributed by atoms with Gasteiger partial charge in [0.2, 0.25) is 0 Å². The number of nitrogens with one attached hydrogen (secondary N) is 1. The van der Waals surface area contributed by atoms with Crippen LogP contribution in [0.5, 0.6) is 0 Å². The molecule has 0 aliphatic rings. The van der Waals surface area contributed by atoms with Crippen LogP contribution in [0.2, 0.25) is 0 Å². The van der Waals surface area contributed by atoms with Gasteiger partial charge in [0.15, 0.2) is 5.69 Å². The van der Waals surface area contributed by atoms with Crippen LogP contribution in [0.4, 0.5) is 11.4 Å². The van der Waals surface area contributed by atoms with Gasteiger partial charge in [0, 0.05) is 11.9 Å². The number of anilines is 2. The number of hydrogen-bond donors (Lipinski definition) is 2. The fourth-order valence-electron chi connectivity index (χ4n) is 1.61. The topological polar surface area (TPSA) is 116 Å². The van der Waals surface area contributed by atoms with Crippen LogP contribution in [0.15, 0.2) is 36.5 Å². The normalized spacial score (nSPS) is 9.30. The minimum Gasteiger partial charge on any atom is -0.397 e. The van der Waals surface area contributed by atoms with Gasteiger partial charge in [0.25, 0.3) is 5.91 Å². The summed E-state index contributed by atoms with van der Waals surface area (Å²) in [5.74, 6) is -0.475. The lowest BCUT2D eigenvalue weighted by Crippen LogP contribution is -2.15. The van der Waals surface area contributed by atoms with Gasteiger partial charge >= 0.3 is 0 Å². The lowest BCUT2D eigenvalue weighted by molar-refractivity contribution is 0.102. The van der Waals surface area contributed by atoms with Crippen molar-refractivity contribution < 1.29 is 4.79 Å². The fraction of sp³-hybridized carbons (Fsp3) is 0. The first-order chi connectivity index (χ1) is 9.65. The van der Waals surface area contributed by atoms with Gasteiger partial charge in [-0.25, -0.2) is 4.98 Å². The molecule has 20 heavy (non-hydrogen) atoms. The predicted octanol–water partition coefficient (Wildman–Crippen LogP) is 1.66. The molecule has 96 valence electrons. The molecule has 0 fully saturated rings. The highest BCUT2D eigenvalue weighted by molar-refractivity contribution is 6.06. The van der Waals surface area contributed by atoms with E-state index in [1.807, 2.05) is 12.1 Å². The number of nitrogens with two attached hydrogens (primary N) is 1. The number of nitrogen functional groups attached to an aromatic ring is 1. The molecule has 0 aliphatic heterocycles. The molecule has 0 bridgehead atoms. The molecule has 1 aromatic carbocycles. The first-order valence-electron chi connectivity index (χ1n) is 5.62. The van der Waals surface area contributed by atoms with Gasteiger partial charge in [-0.2, -0.15) is 10.5 Å². The molecule has 2 rings (SSSR count). The van der Waals surface area contributed by atoms with Crippen LogP contribution in [-0.2, 0) is 0 Å². The van der Waals surface area contributed by atoms with E-state index in [0.29, 0.717) is 5.69 Å². The average Bonchev–Trinajstić information content (AvgIpc) is 2.47. The van der Waals surface area contributed by atoms with Crippen LogP contribution >= 0.6 is 0 Å². The Kier molecular flexibility index (Phi) is 3.60. The van der Waals surface area contributed by atoms with Gasteiger partial charge in [0.05, 0.1) is 16.8 Å². The number of nitriles is 2. The van der Waals surface area contributed by atoms with Gasteiger partial charge < -0.3 is 11.1 Å². The van der Waals surface area contributed by atoms with Crippen molar-refractivity contribution in [2.24, 2.45) is 0 Å². The maximum Gasteiger partial charge on any atom is 0.276 e. The molecule has 6 heteroatoms. The molecule has 0 unspecified atom stereocenters. The van der Waals surface area contributed by atoms with Crippen molar-refractivity contribution in [1.29, 1.82) is 10.5 Å². The molecule has 0 saturated heterocycles. The second-order valence-electron chi connectivity index (χ2n) is 3.88. The third-order valence-corrected chi connectivity index (χ3v) is 2.57. The van der Waals surface area contributed by atoms with E-state index in [9.17, 15) is 4.79 Å². The van der Waals surface area contributed by atoms with Crippen molar-refractivity contribution in [3.8, 4) is 12.1 Å². The lowest BCUT2D eigenvalue weighted by Gasteiger charge is -2.07. The molecule has 1 heterocycles. The Labute approximate surface area is 115 Å². The van der Waals surface area contributed by atoms with E-state index >= 15 is 0 Å². The van der Waals surface area contributed by atoms with Crippen LogP contribution in [0.25, 0.3) is 0 Å². The van der Waals surface area contributed by atoms with E-state index in [4.69, 9.17) is 16.3 Å². The van der Waals surface area contributed by atoms with Crippen LogP contribution < -0.4 is 11.1 Å². The Balaban J connectivity index is 2.28. The van der Waals surface area contributed by atoms with E-state index in [0.717, 1.165) is 0 Å². The van der Waals surface area contributed by atoms with Crippen LogP contribution in [-0.4, -0.2) is 10.9 Å². The second kappa shape index (κ2) is 5.51. The van der Waals surface area contributed by atoms with Gasteiger partial charge in [0.1, 0.15) is 12.1 Å². The molecule has 0 spiro atoms. The molecule has 1 amide bonds. The summed E-state index contributed by atoms with van der Waals surface area (Å²) in [6, 6.07) is 11.4. The zero-order valence-electron chi connectivity index (χ0n) is 10.3. The number of hydrogen-bond acceptors (Lipinski definition) is 5. The highest BCUT2D eigenvalue weighted by atomic mass is 16.1. The lowest BCUT2D eigenvalue weighted by atomic mass is 10.1. The van der Waals surface area contributed by atoms with E-state index in [2.05, 4.69) is 10.3 Å². The van der Waals surface area contributed by atoms with E-state index in [1.54, 1.807) is 12.1 Å². The zero-order chi connectivity index (χ0) is 14.5. The standard InChI is InChI=1S/C14H9N5O/c15-7-9-3-4-11(6-10(9)8-16)19-14(20)13-12(17)2-1-5-18-13/h1-6H,17H2,(H,19,20). The number of amides is 1. The number of carbonyl (C=O) groups excluding carboxylic acids is 1. The Bertz CT molecular complexity index is 755. The summed E-state index contributed by atoms with van der Waals surface area (Å²) < 4.78 is 0. The Morgan fingerprint density at radius 1 is 1.20 bits per heavy atom. The third-order valence-electron chi connectivity index (χ3n) is 2.57. The van der Waals surface area contributed by atoms with Crippen molar-refractivity contribution in [2.75, 3.05) is 11.1 Å². The van der Waals surface area contributed by atoms with E-state index < -0.39 is 5.91 Å². The highest BCUT2D eigenvalue weighted by Crippen LogP contribution is 2.16. The molecule has 1 aromatic heterocycles. The van der Waals surface area contributed by atoms with Gasteiger partial charge in [-0.15, -0.1) is 0 Å². The van der Waals surface area contributed by atoms with Crippen molar-refractivity contribution in [2.45, 2.75) is 0 Å². The monoisotopic (exact) mass is 263 g/mol. The minimum absolute atomic E-state index is 0.107. The molecule has 2 aromatic rings. The predicted molar refractivity (Wildman–Crippen MR) is 72.5 cm³/mol. The number of pyridine rings is 1. The third kappa shape index (κ3) is 2.55. The maximum absolute atomic E-state index is 12.0. The number of carbonyl (C=O) groups is 1. The Morgan fingerprint density at radius 3 is 2.60 bits per heavy atom. The van der Waals surface area contributed by atoms with Crippen molar-refractivity contribution in [1.82, 2.24) is 4.98 Å². The van der Waals surface area contributed by atoms with Crippen molar-refractivity contribution >= 4 is 17.3 Å². The summed E-state index contributed by atoms with van der Waals surface area (Å²) in [7, 11) is 0. The Hall–Kier alpha value is -3.38. The van der Waals surface area contributed by atoms with Crippen molar-refractivity contribution in [3.63, 3.8) is 0 Å². The first kappa shape index (κ1) is 13.1. The van der Waals surface area contributed by atoms with E-state index in [-0.39, 0.29) is 22.5 Å². The number of aromatic nitrogens is 1. The van der Waals surface area contributed by atoms with Crippen molar-refractivity contribution in [3.05, 3.63) is 53.3 Å². The van der Waals surface area contributed by atoms with Gasteiger partial charge in [-0.05, 0) is 30.3 Å². The molecule has 0 radical (unpaired) electrons. The van der Waals surface area contributed by atoms with Crippen LogP contribution in [0, 0.1) is 22.7 Å². The van der Waals surface area contributed by atoms with E-state index in [1.165, 1.54) is 24.4 Å². The number of benzene rings is 1. The SMILES string of the molecule is N#Cc1ccc(NC(=O)c2ncccc2N)cc1C#N. The molecule has 0 aliphatic carbocycles. The van der Waals surface area contributed by atoms with Crippen LogP contribution in [0.1, 0.15) is 21.6 Å². The number of nitrogens with zero attached hydrogens (tertiary/aromatic N) is 3. The molecule has 0 saturated carbocycles. The minimum atomic E-state index is -0.475. The fourth-order valence-corrected chi connectivity index (χ4v) is 1.61. The summed E-state index contributed by atoms with van der Waals surface area (Å²) >= 11 is 0. The first-order valence-corrected chi connectivity index (χ1v) is 5.62. The molecule has 0 atom stereocenters. The summed E-state index contributed by atoms with van der Waals surface area (Å²) in [6.45, 7) is 0. The molecule has 6 nitrogen and oxygen atoms in total. The van der Waals surface area contributed by atoms with Crippen LogP contribution in [0.3, 0.4) is 0 Å². The Morgan fingerprint density at radius 2 is 1.95 bits per heavy atom. The highest BCUT2D eigenvalue weighted by Gasteiger charge is 2.12. The summed E-state index contributed by atoms with van der Waals surface area (Å²) in [6.07, 6.45) is 1.46. The summed E-state index contributed by atoms with van der Waals surface area (Å²) in [5.41, 5.74) is 6.87. The quantitative estimate of drug-likeness (QED) is 0.854. The largest absolute Gasteiger partial charge is 0.397 e. The zero-order valence-corrected chi connectivity index (χ0v) is 10.3. The van der Waals surface area contributed by atoms with Gasteiger partial charge in [-0.3, -0.25) is 4.79 Å². The smallest absolute Gasteiger partial charge is 0.276 e. The van der Waals surface area contributed by atoms with Gasteiger partial charge in [-0.1, -0.05) is 0 Å². The average molecular weight is 263 g/mol. The number of rotatable bonds is 2. The second-order valence-corrected chi connectivity index (χ2v) is 3.88. The summed E-state index contributed by atoms with van der Waals surface area (Å²) in [4.78, 5) is 15.9. The maximum atomic E-state index is 12.0. The molecular formula is C14H9N5O. The summed E-state index contributed by atoms with van der Waals surface area (Å²) in [5, 5.41) is 20.3. The molecular weight excluding hydrogens is 254 g/mol.